The number of hydrogen-bond donors (Lipinski definition) is 1. The topological polar surface area (TPSA) is 21.3 Å². The summed E-state index contributed by atoms with van der Waals surface area (Å²) < 4.78 is 19.4. The van der Waals surface area contributed by atoms with Crippen molar-refractivity contribution < 1.29 is 9.13 Å². The molecule has 4 heteroatoms. The monoisotopic (exact) mass is 299 g/mol. The standard InChI is InChI=1S/C16H23ClFNO/c1-2-8-19-15(16-5-3-4-9-20-16)11-12-6-7-13(17)14(18)10-12/h6-7,10,15-16,19H,2-5,8-9,11H2,1H3. The molecule has 2 nitrogen and oxygen atoms in total. The SMILES string of the molecule is CCCNC(Cc1ccc(Cl)c(F)c1)C1CCCCO1. The van der Waals surface area contributed by atoms with Gasteiger partial charge < -0.3 is 10.1 Å². The zero-order valence-corrected chi connectivity index (χ0v) is 12.8. The van der Waals surface area contributed by atoms with Crippen molar-refractivity contribution in [1.29, 1.82) is 0 Å². The Labute approximate surface area is 125 Å². The van der Waals surface area contributed by atoms with Gasteiger partial charge in [0.25, 0.3) is 0 Å². The number of benzene rings is 1. The Bertz CT molecular complexity index is 421. The quantitative estimate of drug-likeness (QED) is 0.858. The fraction of sp³-hybridized carbons (Fsp3) is 0.625. The molecule has 112 valence electrons. The molecule has 0 spiro atoms. The molecule has 2 atom stereocenters. The molecule has 1 fully saturated rings. The molecule has 0 aromatic heterocycles. The molecule has 0 radical (unpaired) electrons. The third-order valence-corrected chi connectivity index (χ3v) is 4.07. The number of rotatable bonds is 6. The van der Waals surface area contributed by atoms with Crippen molar-refractivity contribution in [3.8, 4) is 0 Å². The second kappa shape index (κ2) is 7.96. The molecule has 1 aromatic rings. The predicted molar refractivity (Wildman–Crippen MR) is 80.8 cm³/mol. The van der Waals surface area contributed by atoms with Crippen LogP contribution in [0.3, 0.4) is 0 Å². The van der Waals surface area contributed by atoms with Gasteiger partial charge in [0.2, 0.25) is 0 Å². The highest BCUT2D eigenvalue weighted by molar-refractivity contribution is 6.30. The van der Waals surface area contributed by atoms with Gasteiger partial charge in [0.15, 0.2) is 0 Å². The first-order valence-electron chi connectivity index (χ1n) is 7.49. The first-order chi connectivity index (χ1) is 9.70. The molecule has 0 saturated carbocycles. The molecule has 20 heavy (non-hydrogen) atoms. The summed E-state index contributed by atoms with van der Waals surface area (Å²) in [5, 5.41) is 3.72. The molecule has 2 rings (SSSR count). The summed E-state index contributed by atoms with van der Waals surface area (Å²) in [6.45, 7) is 3.94. The molecule has 1 aliphatic heterocycles. The van der Waals surface area contributed by atoms with E-state index in [1.54, 1.807) is 6.07 Å². The van der Waals surface area contributed by atoms with Crippen molar-refractivity contribution in [3.05, 3.63) is 34.6 Å². The van der Waals surface area contributed by atoms with Crippen molar-refractivity contribution in [3.63, 3.8) is 0 Å². The van der Waals surface area contributed by atoms with E-state index in [2.05, 4.69) is 12.2 Å². The lowest BCUT2D eigenvalue weighted by Crippen LogP contribution is -2.44. The van der Waals surface area contributed by atoms with Crippen LogP contribution in [0.1, 0.15) is 38.2 Å². The van der Waals surface area contributed by atoms with Gasteiger partial charge in [-0.05, 0) is 56.3 Å². The second-order valence-corrected chi connectivity index (χ2v) is 5.83. The van der Waals surface area contributed by atoms with Crippen LogP contribution in [0, 0.1) is 5.82 Å². The maximum absolute atomic E-state index is 13.5. The van der Waals surface area contributed by atoms with Crippen molar-refractivity contribution in [1.82, 2.24) is 5.32 Å². The van der Waals surface area contributed by atoms with Crippen LogP contribution < -0.4 is 5.32 Å². The molecular weight excluding hydrogens is 277 g/mol. The van der Waals surface area contributed by atoms with Crippen molar-refractivity contribution >= 4 is 11.6 Å². The molecule has 0 aliphatic carbocycles. The van der Waals surface area contributed by atoms with Gasteiger partial charge in [-0.3, -0.25) is 0 Å². The Balaban J connectivity index is 2.03. The highest BCUT2D eigenvalue weighted by Gasteiger charge is 2.24. The van der Waals surface area contributed by atoms with Crippen molar-refractivity contribution in [2.24, 2.45) is 0 Å². The van der Waals surface area contributed by atoms with E-state index in [0.717, 1.165) is 44.4 Å². The van der Waals surface area contributed by atoms with Gasteiger partial charge in [-0.15, -0.1) is 0 Å². The summed E-state index contributed by atoms with van der Waals surface area (Å²) in [4.78, 5) is 0. The fourth-order valence-corrected chi connectivity index (χ4v) is 2.79. The number of nitrogens with one attached hydrogen (secondary N) is 1. The molecule has 1 aromatic carbocycles. The van der Waals surface area contributed by atoms with Crippen LogP contribution in [0.5, 0.6) is 0 Å². The summed E-state index contributed by atoms with van der Waals surface area (Å²) in [6, 6.07) is 5.31. The van der Waals surface area contributed by atoms with E-state index in [0.29, 0.717) is 0 Å². The van der Waals surface area contributed by atoms with E-state index in [4.69, 9.17) is 16.3 Å². The zero-order valence-electron chi connectivity index (χ0n) is 12.0. The zero-order chi connectivity index (χ0) is 14.4. The summed E-state index contributed by atoms with van der Waals surface area (Å²) in [7, 11) is 0. The normalized spacial score (nSPS) is 20.9. The summed E-state index contributed by atoms with van der Waals surface area (Å²) in [5.41, 5.74) is 0.967. The van der Waals surface area contributed by atoms with E-state index in [1.165, 1.54) is 12.5 Å². The summed E-state index contributed by atoms with van der Waals surface area (Å²) in [5.74, 6) is -0.344. The van der Waals surface area contributed by atoms with Gasteiger partial charge in [0.05, 0.1) is 11.1 Å². The minimum absolute atomic E-state index is 0.181. The Hall–Kier alpha value is -0.640. The Kier molecular flexibility index (Phi) is 6.27. The van der Waals surface area contributed by atoms with Gasteiger partial charge in [-0.1, -0.05) is 24.6 Å². The first-order valence-corrected chi connectivity index (χ1v) is 7.87. The maximum Gasteiger partial charge on any atom is 0.142 e. The second-order valence-electron chi connectivity index (χ2n) is 5.42. The van der Waals surface area contributed by atoms with Gasteiger partial charge >= 0.3 is 0 Å². The molecule has 1 aliphatic rings. The predicted octanol–water partition coefficient (Wildman–Crippen LogP) is 3.96. The molecule has 0 amide bonds. The van der Waals surface area contributed by atoms with Crippen LogP contribution in [0.15, 0.2) is 18.2 Å². The first kappa shape index (κ1) is 15.7. The maximum atomic E-state index is 13.5. The van der Waals surface area contributed by atoms with E-state index in [1.807, 2.05) is 6.07 Å². The molecule has 1 heterocycles. The fourth-order valence-electron chi connectivity index (χ4n) is 2.67. The third-order valence-electron chi connectivity index (χ3n) is 3.76. The molecule has 2 unspecified atom stereocenters. The lowest BCUT2D eigenvalue weighted by atomic mass is 9.96. The highest BCUT2D eigenvalue weighted by atomic mass is 35.5. The lowest BCUT2D eigenvalue weighted by molar-refractivity contribution is -0.00738. The van der Waals surface area contributed by atoms with Gasteiger partial charge in [-0.2, -0.15) is 0 Å². The van der Waals surface area contributed by atoms with Crippen LogP contribution in [-0.4, -0.2) is 25.3 Å². The molecular formula is C16H23ClFNO. The minimum Gasteiger partial charge on any atom is -0.377 e. The van der Waals surface area contributed by atoms with Crippen molar-refractivity contribution in [2.75, 3.05) is 13.2 Å². The van der Waals surface area contributed by atoms with Gasteiger partial charge in [-0.25, -0.2) is 4.39 Å². The third kappa shape index (κ3) is 4.44. The van der Waals surface area contributed by atoms with Crippen LogP contribution in [0.2, 0.25) is 5.02 Å². The average Bonchev–Trinajstić information content (AvgIpc) is 2.48. The molecule has 1 saturated heterocycles. The molecule has 1 N–H and O–H groups in total. The average molecular weight is 300 g/mol. The Morgan fingerprint density at radius 3 is 2.95 bits per heavy atom. The van der Waals surface area contributed by atoms with Crippen LogP contribution in [-0.2, 0) is 11.2 Å². The largest absolute Gasteiger partial charge is 0.377 e. The highest BCUT2D eigenvalue weighted by Crippen LogP contribution is 2.21. The smallest absolute Gasteiger partial charge is 0.142 e. The minimum atomic E-state index is -0.344. The van der Waals surface area contributed by atoms with Gasteiger partial charge in [0, 0.05) is 12.6 Å². The summed E-state index contributed by atoms with van der Waals surface area (Å²) >= 11 is 5.73. The number of ether oxygens (including phenoxy) is 1. The van der Waals surface area contributed by atoms with Gasteiger partial charge in [0.1, 0.15) is 5.82 Å². The van der Waals surface area contributed by atoms with Crippen LogP contribution in [0.25, 0.3) is 0 Å². The number of hydrogen-bond acceptors (Lipinski definition) is 2. The lowest BCUT2D eigenvalue weighted by Gasteiger charge is -2.31. The van der Waals surface area contributed by atoms with Crippen molar-refractivity contribution in [2.45, 2.75) is 51.2 Å². The number of halogens is 2. The van der Waals surface area contributed by atoms with E-state index in [9.17, 15) is 4.39 Å². The Morgan fingerprint density at radius 1 is 1.45 bits per heavy atom. The Morgan fingerprint density at radius 2 is 2.30 bits per heavy atom. The summed E-state index contributed by atoms with van der Waals surface area (Å²) in [6.07, 6.45) is 5.53. The van der Waals surface area contributed by atoms with E-state index < -0.39 is 0 Å². The van der Waals surface area contributed by atoms with E-state index in [-0.39, 0.29) is 23.0 Å². The molecule has 0 bridgehead atoms. The van der Waals surface area contributed by atoms with Crippen LogP contribution in [0.4, 0.5) is 4.39 Å². The van der Waals surface area contributed by atoms with E-state index >= 15 is 0 Å². The van der Waals surface area contributed by atoms with Crippen LogP contribution >= 0.6 is 11.6 Å².